The summed E-state index contributed by atoms with van der Waals surface area (Å²) in [5.74, 6) is -0.237. The van der Waals surface area contributed by atoms with Crippen LogP contribution in [0, 0.1) is 11.3 Å². The number of aromatic nitrogens is 4. The molecular formula is C79H37F24N5. The van der Waals surface area contributed by atoms with Crippen LogP contribution in [-0.2, 0) is 49.4 Å². The molecule has 0 N–H and O–H groups in total. The maximum absolute atomic E-state index is 15.2. The van der Waals surface area contributed by atoms with Gasteiger partial charge in [0.15, 0.2) is 5.82 Å². The van der Waals surface area contributed by atoms with Crippen LogP contribution in [0.5, 0.6) is 0 Å². The van der Waals surface area contributed by atoms with Gasteiger partial charge in [-0.25, -0.2) is 9.97 Å². The average molecular weight is 1510 g/mol. The van der Waals surface area contributed by atoms with E-state index >= 15 is 52.7 Å². The number of hydrogen-bond donors (Lipinski definition) is 0. The largest absolute Gasteiger partial charge is 0.417 e. The molecule has 108 heavy (non-hydrogen) atoms. The van der Waals surface area contributed by atoms with E-state index in [1.54, 1.807) is 66.7 Å². The maximum Gasteiger partial charge on any atom is 0.417 e. The van der Waals surface area contributed by atoms with E-state index in [0.717, 1.165) is 72.8 Å². The first kappa shape index (κ1) is 72.8. The van der Waals surface area contributed by atoms with E-state index in [1.165, 1.54) is 21.3 Å². The number of rotatable bonds is 9. The molecule has 0 saturated carbocycles. The highest BCUT2D eigenvalue weighted by molar-refractivity contribution is 6.14. The van der Waals surface area contributed by atoms with Crippen LogP contribution in [0.15, 0.2) is 224 Å². The molecule has 14 aromatic rings. The second-order valence-corrected chi connectivity index (χ2v) is 24.8. The SMILES string of the molecule is N#Cc1cc(-n2c3ccc(-c4ccc(C(F)(F)F)cc4C(F)(F)F)cc3c3cc(-c4ccc(C(F)(F)F)cc4C(F)(F)F)ccc32)c(-n2c3ccc(-c4ccc(C(F)(F)F)cc4C(F)(F)F)cc3c3cc(-c4ccc(C(F)(F)F)cc4C(F)(F)F)ccc32)cc1-c1nc(-c2ccccc2)cc(-c2ccccc2)n1. The van der Waals surface area contributed by atoms with Gasteiger partial charge in [0, 0.05) is 38.2 Å². The number of benzene rings is 11. The molecule has 0 atom stereocenters. The Bertz CT molecular complexity index is 5680. The molecule has 0 radical (unpaired) electrons. The third-order valence-corrected chi connectivity index (χ3v) is 18.2. The molecule has 11 aromatic carbocycles. The molecule has 29 heteroatoms. The van der Waals surface area contributed by atoms with E-state index in [4.69, 9.17) is 9.97 Å². The monoisotopic (exact) mass is 1510 g/mol. The lowest BCUT2D eigenvalue weighted by Gasteiger charge is -2.20. The predicted octanol–water partition coefficient (Wildman–Crippen LogP) is 26.4. The van der Waals surface area contributed by atoms with Crippen molar-refractivity contribution in [2.24, 2.45) is 0 Å². The summed E-state index contributed by atoms with van der Waals surface area (Å²) in [5.41, 5.74) is -20.1. The van der Waals surface area contributed by atoms with E-state index in [-0.39, 0.29) is 108 Å². The minimum Gasteiger partial charge on any atom is -0.307 e. The van der Waals surface area contributed by atoms with Gasteiger partial charge < -0.3 is 9.13 Å². The summed E-state index contributed by atoms with van der Waals surface area (Å²) in [5, 5.41) is 10.5. The van der Waals surface area contributed by atoms with Crippen LogP contribution in [-0.4, -0.2) is 19.1 Å². The summed E-state index contributed by atoms with van der Waals surface area (Å²) in [6.45, 7) is 0. The zero-order valence-electron chi connectivity index (χ0n) is 53.7. The number of nitriles is 1. The van der Waals surface area contributed by atoms with Crippen molar-refractivity contribution in [3.8, 4) is 95.9 Å². The third kappa shape index (κ3) is 13.4. The zero-order valence-corrected chi connectivity index (χ0v) is 53.7. The van der Waals surface area contributed by atoms with Gasteiger partial charge in [-0.2, -0.15) is 111 Å². The molecule has 14 rings (SSSR count). The smallest absolute Gasteiger partial charge is 0.307 e. The van der Waals surface area contributed by atoms with Gasteiger partial charge in [0.25, 0.3) is 0 Å². The van der Waals surface area contributed by atoms with Gasteiger partial charge in [-0.3, -0.25) is 0 Å². The van der Waals surface area contributed by atoms with E-state index in [0.29, 0.717) is 59.7 Å². The van der Waals surface area contributed by atoms with Gasteiger partial charge in [-0.15, -0.1) is 0 Å². The molecule has 0 saturated heterocycles. The fourth-order valence-corrected chi connectivity index (χ4v) is 13.4. The Kier molecular flexibility index (Phi) is 17.2. The molecule has 0 bridgehead atoms. The van der Waals surface area contributed by atoms with Crippen molar-refractivity contribution in [3.05, 3.63) is 275 Å². The number of nitrogens with zero attached hydrogens (tertiary/aromatic N) is 5. The van der Waals surface area contributed by atoms with Gasteiger partial charge in [-0.05, 0) is 160 Å². The minimum atomic E-state index is -5.53. The quantitative estimate of drug-likeness (QED) is 0.135. The Morgan fingerprint density at radius 2 is 0.519 bits per heavy atom. The van der Waals surface area contributed by atoms with Gasteiger partial charge in [0.2, 0.25) is 0 Å². The topological polar surface area (TPSA) is 59.4 Å². The number of hydrogen-bond acceptors (Lipinski definition) is 3. The van der Waals surface area contributed by atoms with Crippen molar-refractivity contribution in [1.82, 2.24) is 19.1 Å². The summed E-state index contributed by atoms with van der Waals surface area (Å²) in [7, 11) is 0. The summed E-state index contributed by atoms with van der Waals surface area (Å²) in [6, 6.07) is 38.3. The van der Waals surface area contributed by atoms with Crippen molar-refractivity contribution >= 4 is 43.6 Å². The summed E-state index contributed by atoms with van der Waals surface area (Å²) < 4.78 is 355. The Morgan fingerprint density at radius 1 is 0.250 bits per heavy atom. The number of halogens is 24. The van der Waals surface area contributed by atoms with Gasteiger partial charge in [-0.1, -0.05) is 109 Å². The second-order valence-electron chi connectivity index (χ2n) is 24.8. The first-order valence-electron chi connectivity index (χ1n) is 31.5. The molecule has 0 aliphatic rings. The summed E-state index contributed by atoms with van der Waals surface area (Å²) >= 11 is 0. The molecule has 0 spiro atoms. The van der Waals surface area contributed by atoms with Crippen LogP contribution in [0.3, 0.4) is 0 Å². The molecule has 0 unspecified atom stereocenters. The van der Waals surface area contributed by atoms with Crippen molar-refractivity contribution in [2.45, 2.75) is 49.4 Å². The molecule has 3 aromatic heterocycles. The van der Waals surface area contributed by atoms with Crippen molar-refractivity contribution in [1.29, 1.82) is 5.26 Å². The van der Waals surface area contributed by atoms with E-state index in [9.17, 15) is 57.9 Å². The van der Waals surface area contributed by atoms with Crippen LogP contribution < -0.4 is 0 Å². The van der Waals surface area contributed by atoms with Crippen LogP contribution in [0.1, 0.15) is 50.1 Å². The highest BCUT2D eigenvalue weighted by atomic mass is 19.4. The highest BCUT2D eigenvalue weighted by Crippen LogP contribution is 2.51. The molecule has 3 heterocycles. The van der Waals surface area contributed by atoms with Crippen LogP contribution in [0.4, 0.5) is 105 Å². The van der Waals surface area contributed by atoms with Crippen molar-refractivity contribution in [2.75, 3.05) is 0 Å². The van der Waals surface area contributed by atoms with E-state index in [2.05, 4.69) is 6.07 Å². The third-order valence-electron chi connectivity index (χ3n) is 18.2. The lowest BCUT2D eigenvalue weighted by atomic mass is 9.94. The second kappa shape index (κ2) is 25.6. The van der Waals surface area contributed by atoms with Crippen LogP contribution in [0.2, 0.25) is 0 Å². The number of fused-ring (bicyclic) bond motifs is 6. The van der Waals surface area contributed by atoms with Crippen LogP contribution in [0.25, 0.3) is 133 Å². The first-order chi connectivity index (χ1) is 50.5. The van der Waals surface area contributed by atoms with Crippen LogP contribution >= 0.6 is 0 Å². The maximum atomic E-state index is 15.2. The fourth-order valence-electron chi connectivity index (χ4n) is 13.4. The van der Waals surface area contributed by atoms with E-state index in [1.807, 2.05) is 0 Å². The first-order valence-corrected chi connectivity index (χ1v) is 31.5. The van der Waals surface area contributed by atoms with Gasteiger partial charge in [0.1, 0.15) is 0 Å². The minimum absolute atomic E-state index is 0.165. The van der Waals surface area contributed by atoms with E-state index < -0.39 is 138 Å². The Balaban J connectivity index is 1.14. The fraction of sp³-hybridized carbons (Fsp3) is 0.101. The Morgan fingerprint density at radius 3 is 0.769 bits per heavy atom. The van der Waals surface area contributed by atoms with Gasteiger partial charge >= 0.3 is 49.4 Å². The lowest BCUT2D eigenvalue weighted by molar-refractivity contribution is -0.144. The average Bonchev–Trinajstić information content (AvgIpc) is 1.55. The molecule has 0 amide bonds. The summed E-state index contributed by atoms with van der Waals surface area (Å²) in [4.78, 5) is 9.82. The highest BCUT2D eigenvalue weighted by Gasteiger charge is 2.43. The number of alkyl halides is 24. The molecule has 0 aliphatic carbocycles. The molecular weight excluding hydrogens is 1470 g/mol. The lowest BCUT2D eigenvalue weighted by Crippen LogP contribution is -2.12. The predicted molar refractivity (Wildman–Crippen MR) is 353 cm³/mol. The van der Waals surface area contributed by atoms with Crippen molar-refractivity contribution < 1.29 is 105 Å². The molecule has 0 aliphatic heterocycles. The molecule has 0 fully saturated rings. The molecule has 546 valence electrons. The normalized spacial score (nSPS) is 13.0. The Hall–Kier alpha value is -12.1. The molecule has 5 nitrogen and oxygen atoms in total. The zero-order chi connectivity index (χ0) is 77.5. The van der Waals surface area contributed by atoms with Gasteiger partial charge in [0.05, 0.1) is 101 Å². The standard InChI is InChI=1S/C79H37F24N5/c80-72(81,82)46-15-19-50(59(32-46)76(92,93)94)41-11-23-65-55(27-41)56-28-42(51-20-16-47(73(83,84)85)33-60(51)77(95,96)97)12-24-66(56)107(65)69-31-45(38-104)54(71-105-63(39-7-3-1-4-8-39)37-64(106-71)40-9-5-2-6-10-40)36-70(69)108-67-25-13-43(52-21-17-48(74(86,87)88)34-61(52)78(98,99)100)29-57(67)58-30-44(14-26-68(58)108)53-22-18-49(75(89,90)91)35-62(53)79(101,102)103/h1-37H. The van der Waals surface area contributed by atoms with Crippen molar-refractivity contribution in [3.63, 3.8) is 0 Å². The summed E-state index contributed by atoms with van der Waals surface area (Å²) in [6.07, 6.45) is -43.4. The Labute approximate surface area is 591 Å².